The highest BCUT2D eigenvalue weighted by molar-refractivity contribution is 8.14. The largest absolute Gasteiger partial charge is 0.497 e. The molecule has 0 aliphatic carbocycles. The Bertz CT molecular complexity index is 451. The molecular formula is C12H13NO4S. The zero-order chi connectivity index (χ0) is 13.1. The van der Waals surface area contributed by atoms with Crippen LogP contribution in [0.3, 0.4) is 0 Å². The second-order valence-corrected chi connectivity index (χ2v) is 4.68. The van der Waals surface area contributed by atoms with E-state index in [1.807, 2.05) is 0 Å². The van der Waals surface area contributed by atoms with Crippen LogP contribution in [0, 0.1) is 0 Å². The van der Waals surface area contributed by atoms with Crippen molar-refractivity contribution in [3.05, 3.63) is 23.8 Å². The lowest BCUT2D eigenvalue weighted by Gasteiger charge is -2.14. The van der Waals surface area contributed by atoms with Crippen LogP contribution in [0.15, 0.2) is 18.2 Å². The fourth-order valence-electron chi connectivity index (χ4n) is 1.67. The fourth-order valence-corrected chi connectivity index (χ4v) is 2.40. The van der Waals surface area contributed by atoms with Crippen molar-refractivity contribution in [2.75, 3.05) is 20.0 Å². The van der Waals surface area contributed by atoms with E-state index < -0.39 is 0 Å². The maximum Gasteiger partial charge on any atom is 0.289 e. The molecule has 0 unspecified atom stereocenters. The van der Waals surface area contributed by atoms with E-state index in [4.69, 9.17) is 9.47 Å². The van der Waals surface area contributed by atoms with Crippen molar-refractivity contribution in [2.45, 2.75) is 6.54 Å². The average molecular weight is 267 g/mol. The first-order valence-electron chi connectivity index (χ1n) is 5.33. The Kier molecular flexibility index (Phi) is 3.76. The van der Waals surface area contributed by atoms with E-state index in [9.17, 15) is 9.59 Å². The molecule has 0 spiro atoms. The Balaban J connectivity index is 2.22. The molecule has 1 heterocycles. The van der Waals surface area contributed by atoms with Gasteiger partial charge < -0.3 is 9.47 Å². The average Bonchev–Trinajstić information content (AvgIpc) is 2.70. The van der Waals surface area contributed by atoms with Gasteiger partial charge in [-0.25, -0.2) is 0 Å². The number of rotatable bonds is 4. The summed E-state index contributed by atoms with van der Waals surface area (Å²) >= 11 is 1.03. The van der Waals surface area contributed by atoms with Crippen LogP contribution in [0.2, 0.25) is 0 Å². The maximum absolute atomic E-state index is 11.5. The van der Waals surface area contributed by atoms with Gasteiger partial charge in [-0.3, -0.25) is 14.5 Å². The molecular weight excluding hydrogens is 254 g/mol. The number of amides is 2. The zero-order valence-electron chi connectivity index (χ0n) is 10.1. The van der Waals surface area contributed by atoms with Gasteiger partial charge in [0.15, 0.2) is 0 Å². The third-order valence-corrected chi connectivity index (χ3v) is 3.45. The predicted octanol–water partition coefficient (Wildman–Crippen LogP) is 1.90. The number of thioether (sulfide) groups is 1. The highest BCUT2D eigenvalue weighted by Crippen LogP contribution is 2.26. The summed E-state index contributed by atoms with van der Waals surface area (Å²) in [6.45, 7) is 0.248. The van der Waals surface area contributed by atoms with E-state index in [1.165, 1.54) is 4.90 Å². The molecule has 0 aromatic heterocycles. The monoisotopic (exact) mass is 267 g/mol. The molecule has 2 rings (SSSR count). The lowest BCUT2D eigenvalue weighted by molar-refractivity contribution is -0.125. The van der Waals surface area contributed by atoms with Crippen molar-refractivity contribution < 1.29 is 19.1 Å². The molecule has 6 heteroatoms. The highest BCUT2D eigenvalue weighted by Gasteiger charge is 2.29. The molecule has 0 bridgehead atoms. The summed E-state index contributed by atoms with van der Waals surface area (Å²) in [6, 6.07) is 5.31. The first kappa shape index (κ1) is 12.8. The highest BCUT2D eigenvalue weighted by atomic mass is 32.2. The Hall–Kier alpha value is -1.69. The van der Waals surface area contributed by atoms with Crippen molar-refractivity contribution in [2.24, 2.45) is 0 Å². The molecule has 1 saturated heterocycles. The van der Waals surface area contributed by atoms with Gasteiger partial charge in [0.25, 0.3) is 5.24 Å². The van der Waals surface area contributed by atoms with E-state index in [2.05, 4.69) is 0 Å². The molecule has 2 amide bonds. The van der Waals surface area contributed by atoms with Crippen LogP contribution in [-0.4, -0.2) is 36.0 Å². The van der Waals surface area contributed by atoms with Crippen LogP contribution in [-0.2, 0) is 11.3 Å². The lowest BCUT2D eigenvalue weighted by Crippen LogP contribution is -2.27. The topological polar surface area (TPSA) is 55.8 Å². The van der Waals surface area contributed by atoms with Crippen molar-refractivity contribution in [3.8, 4) is 11.5 Å². The molecule has 1 fully saturated rings. The van der Waals surface area contributed by atoms with Gasteiger partial charge in [-0.05, 0) is 17.7 Å². The normalized spacial score (nSPS) is 15.1. The van der Waals surface area contributed by atoms with E-state index in [0.29, 0.717) is 11.5 Å². The van der Waals surface area contributed by atoms with Crippen LogP contribution in [0.4, 0.5) is 4.79 Å². The van der Waals surface area contributed by atoms with Crippen molar-refractivity contribution in [1.29, 1.82) is 0 Å². The molecule has 96 valence electrons. The van der Waals surface area contributed by atoms with Gasteiger partial charge >= 0.3 is 0 Å². The summed E-state index contributed by atoms with van der Waals surface area (Å²) < 4.78 is 10.3. The summed E-state index contributed by atoms with van der Waals surface area (Å²) in [5.74, 6) is 1.33. The number of carbonyl (C=O) groups is 2. The number of carbonyl (C=O) groups excluding carboxylic acids is 2. The van der Waals surface area contributed by atoms with E-state index in [-0.39, 0.29) is 23.4 Å². The number of benzene rings is 1. The molecule has 0 saturated carbocycles. The quantitative estimate of drug-likeness (QED) is 0.834. The molecule has 18 heavy (non-hydrogen) atoms. The summed E-state index contributed by atoms with van der Waals surface area (Å²) in [7, 11) is 3.11. The predicted molar refractivity (Wildman–Crippen MR) is 68.0 cm³/mol. The number of hydrogen-bond donors (Lipinski definition) is 0. The molecule has 5 nitrogen and oxygen atoms in total. The molecule has 0 radical (unpaired) electrons. The fraction of sp³-hybridized carbons (Fsp3) is 0.333. The zero-order valence-corrected chi connectivity index (χ0v) is 11.0. The van der Waals surface area contributed by atoms with Gasteiger partial charge in [0.05, 0.1) is 26.5 Å². The molecule has 1 aromatic rings. The summed E-state index contributed by atoms with van der Waals surface area (Å²) in [6.07, 6.45) is 0. The second kappa shape index (κ2) is 5.30. The maximum atomic E-state index is 11.5. The van der Waals surface area contributed by atoms with Gasteiger partial charge in [-0.2, -0.15) is 0 Å². The van der Waals surface area contributed by atoms with Crippen molar-refractivity contribution in [3.63, 3.8) is 0 Å². The Morgan fingerprint density at radius 1 is 1.17 bits per heavy atom. The van der Waals surface area contributed by atoms with Gasteiger partial charge in [0.1, 0.15) is 11.5 Å². The smallest absolute Gasteiger partial charge is 0.289 e. The van der Waals surface area contributed by atoms with E-state index in [1.54, 1.807) is 32.4 Å². The van der Waals surface area contributed by atoms with Crippen LogP contribution >= 0.6 is 11.8 Å². The third-order valence-electron chi connectivity index (χ3n) is 2.59. The van der Waals surface area contributed by atoms with Crippen LogP contribution in [0.5, 0.6) is 11.5 Å². The molecule has 0 N–H and O–H groups in total. The van der Waals surface area contributed by atoms with Crippen LogP contribution in [0.25, 0.3) is 0 Å². The van der Waals surface area contributed by atoms with Crippen LogP contribution in [0.1, 0.15) is 5.56 Å². The Morgan fingerprint density at radius 3 is 2.22 bits per heavy atom. The van der Waals surface area contributed by atoms with Gasteiger partial charge in [-0.1, -0.05) is 11.8 Å². The minimum Gasteiger partial charge on any atom is -0.497 e. The first-order chi connectivity index (χ1) is 8.63. The van der Waals surface area contributed by atoms with Crippen molar-refractivity contribution >= 4 is 22.9 Å². The van der Waals surface area contributed by atoms with E-state index in [0.717, 1.165) is 17.3 Å². The van der Waals surface area contributed by atoms with Gasteiger partial charge in [-0.15, -0.1) is 0 Å². The number of nitrogens with zero attached hydrogens (tertiary/aromatic N) is 1. The third kappa shape index (κ3) is 2.59. The Labute approximate surface area is 109 Å². The van der Waals surface area contributed by atoms with Crippen molar-refractivity contribution in [1.82, 2.24) is 4.90 Å². The molecule has 1 aliphatic rings. The van der Waals surface area contributed by atoms with Gasteiger partial charge in [0.2, 0.25) is 5.91 Å². The standard InChI is InChI=1S/C12H13NO4S/c1-16-9-3-8(4-10(5-9)17-2)6-13-11(14)7-18-12(13)15/h3-5H,6-7H2,1-2H3. The minimum atomic E-state index is -0.207. The molecule has 1 aliphatic heterocycles. The van der Waals surface area contributed by atoms with Gasteiger partial charge in [0, 0.05) is 6.07 Å². The summed E-state index contributed by atoms with van der Waals surface area (Å²) in [4.78, 5) is 24.3. The summed E-state index contributed by atoms with van der Waals surface area (Å²) in [5, 5.41) is -0.207. The number of hydrogen-bond acceptors (Lipinski definition) is 5. The van der Waals surface area contributed by atoms with Crippen LogP contribution < -0.4 is 9.47 Å². The second-order valence-electron chi connectivity index (χ2n) is 3.76. The SMILES string of the molecule is COc1cc(CN2C(=O)CSC2=O)cc(OC)c1. The lowest BCUT2D eigenvalue weighted by atomic mass is 10.2. The van der Waals surface area contributed by atoms with E-state index >= 15 is 0 Å². The number of methoxy groups -OCH3 is 2. The molecule has 1 aromatic carbocycles. The first-order valence-corrected chi connectivity index (χ1v) is 6.31. The molecule has 0 atom stereocenters. The number of ether oxygens (including phenoxy) is 2. The Morgan fingerprint density at radius 2 is 1.78 bits per heavy atom. The summed E-state index contributed by atoms with van der Waals surface area (Å²) in [5.41, 5.74) is 0.801. The minimum absolute atomic E-state index is 0.160. The number of imide groups is 1.